The molecule has 0 aliphatic rings. The Kier molecular flexibility index (Phi) is 7.07. The number of hydrogen-bond donors (Lipinski definition) is 1. The zero-order chi connectivity index (χ0) is 12.9. The summed E-state index contributed by atoms with van der Waals surface area (Å²) in [7, 11) is 0. The van der Waals surface area contributed by atoms with Crippen molar-refractivity contribution in [2.45, 2.75) is 51.0 Å². The molecule has 1 N–H and O–H groups in total. The predicted molar refractivity (Wildman–Crippen MR) is 54.5 cm³/mol. The monoisotopic (exact) mass is 267 g/mol. The molecule has 0 aromatic carbocycles. The third kappa shape index (κ3) is 5.75. The molecular weight excluding hydrogens is 248 g/mol. The van der Waals surface area contributed by atoms with Gasteiger partial charge in [-0.15, -0.1) is 0 Å². The van der Waals surface area contributed by atoms with E-state index in [9.17, 15) is 9.59 Å². The third-order valence-corrected chi connectivity index (χ3v) is 5.55. The van der Waals surface area contributed by atoms with Crippen LogP contribution in [0.2, 0.25) is 4.22 Å². The molecule has 0 saturated heterocycles. The van der Waals surface area contributed by atoms with Crippen molar-refractivity contribution >= 4 is 11.8 Å². The van der Waals surface area contributed by atoms with Crippen molar-refractivity contribution in [2.24, 2.45) is 0 Å². The fourth-order valence-corrected chi connectivity index (χ4v) is 3.87. The summed E-state index contributed by atoms with van der Waals surface area (Å²) in [6, 6.07) is 0. The number of Topliss-reactive ketones (excluding diaryl/α,β-unsaturated/α-hetero) is 1. The third-order valence-electron chi connectivity index (χ3n) is 1.59. The Hall–Kier alpha value is -0.226. The molecule has 0 aliphatic carbocycles. The van der Waals surface area contributed by atoms with Gasteiger partial charge >= 0.3 is 103 Å². The average Bonchev–Trinajstić information content (AvgIpc) is 1.98. The van der Waals surface area contributed by atoms with Gasteiger partial charge in [-0.05, 0) is 0 Å². The quantitative estimate of drug-likeness (QED) is 0.562. The van der Waals surface area contributed by atoms with Crippen molar-refractivity contribution in [3.05, 3.63) is 0 Å². The van der Waals surface area contributed by atoms with E-state index in [2.05, 4.69) is 0 Å². The van der Waals surface area contributed by atoms with E-state index in [1.54, 1.807) is 27.7 Å². The Labute approximate surface area is 103 Å². The molecule has 0 aromatic heterocycles. The van der Waals surface area contributed by atoms with Gasteiger partial charge in [-0.2, -0.15) is 0 Å². The van der Waals surface area contributed by atoms with Crippen molar-refractivity contribution < 1.29 is 40.0 Å². The van der Waals surface area contributed by atoms with E-state index in [4.69, 9.17) is 11.7 Å². The van der Waals surface area contributed by atoms with Gasteiger partial charge in [0.15, 0.2) is 0 Å². The SMILES string of the molecule is CC(=O)[CH](C(=O)O)[Ti]([O]C(C)C)[O]C(C)C. The molecule has 5 nitrogen and oxygen atoms in total. The molecule has 0 spiro atoms. The van der Waals surface area contributed by atoms with E-state index < -0.39 is 34.6 Å². The van der Waals surface area contributed by atoms with Crippen LogP contribution in [-0.2, 0) is 34.9 Å². The van der Waals surface area contributed by atoms with Crippen LogP contribution in [0.1, 0.15) is 34.6 Å². The second-order valence-electron chi connectivity index (χ2n) is 4.03. The van der Waals surface area contributed by atoms with Crippen LogP contribution in [0.5, 0.6) is 0 Å². The van der Waals surface area contributed by atoms with Gasteiger partial charge < -0.3 is 0 Å². The van der Waals surface area contributed by atoms with Crippen molar-refractivity contribution in [1.82, 2.24) is 0 Å². The molecule has 0 aromatic rings. The summed E-state index contributed by atoms with van der Waals surface area (Å²) in [6.07, 6.45) is -0.259. The summed E-state index contributed by atoms with van der Waals surface area (Å²) in [4.78, 5) is 22.3. The Balaban J connectivity index is 4.80. The van der Waals surface area contributed by atoms with Gasteiger partial charge in [0.2, 0.25) is 0 Å². The summed E-state index contributed by atoms with van der Waals surface area (Å²) in [5.74, 6) is -1.55. The molecule has 0 amide bonds. The summed E-state index contributed by atoms with van der Waals surface area (Å²) >= 11 is -2.83. The molecule has 0 rings (SSSR count). The minimum atomic E-state index is -2.83. The fraction of sp³-hybridized carbons (Fsp3) is 0.800. The van der Waals surface area contributed by atoms with E-state index in [1.165, 1.54) is 6.92 Å². The summed E-state index contributed by atoms with van der Waals surface area (Å²) in [5.41, 5.74) is 0. The second-order valence-corrected chi connectivity index (χ2v) is 6.67. The number of ketones is 1. The molecular formula is C10H19O5Ti. The second kappa shape index (κ2) is 7.17. The predicted octanol–water partition coefficient (Wildman–Crippen LogP) is 1.75. The van der Waals surface area contributed by atoms with Gasteiger partial charge in [-0.3, -0.25) is 0 Å². The van der Waals surface area contributed by atoms with Crippen molar-refractivity contribution in [2.75, 3.05) is 0 Å². The summed E-state index contributed by atoms with van der Waals surface area (Å²) in [6.45, 7) is 8.47. The summed E-state index contributed by atoms with van der Waals surface area (Å²) in [5, 5.41) is 9.00. The normalized spacial score (nSPS) is 12.9. The van der Waals surface area contributed by atoms with Crippen LogP contribution in [0.15, 0.2) is 0 Å². The van der Waals surface area contributed by atoms with E-state index >= 15 is 0 Å². The topological polar surface area (TPSA) is 72.8 Å². The standard InChI is InChI=1S/C4H5O3.2C3H7O.Ti/c1-3(5)2-4(6)7;2*1-3(2)4;/h2H,1H3,(H,6,7);2*3H,1-2H3;/q;2*-1;+2. The van der Waals surface area contributed by atoms with Crippen molar-refractivity contribution in [1.29, 1.82) is 0 Å². The molecule has 0 fully saturated rings. The van der Waals surface area contributed by atoms with Gasteiger partial charge in [-0.1, -0.05) is 0 Å². The number of carbonyl (C=O) groups is 2. The molecule has 0 bridgehead atoms. The van der Waals surface area contributed by atoms with Crippen LogP contribution >= 0.6 is 0 Å². The van der Waals surface area contributed by atoms with Crippen LogP contribution in [0, 0.1) is 0 Å². The molecule has 0 radical (unpaired) electrons. The molecule has 16 heavy (non-hydrogen) atoms. The number of hydrogen-bond acceptors (Lipinski definition) is 4. The maximum absolute atomic E-state index is 11.3. The van der Waals surface area contributed by atoms with Gasteiger partial charge in [0.05, 0.1) is 0 Å². The number of carbonyl (C=O) groups excluding carboxylic acids is 1. The minimum absolute atomic E-state index is 0.130. The first kappa shape index (κ1) is 15.8. The number of aliphatic carboxylic acids is 1. The molecule has 0 saturated carbocycles. The van der Waals surface area contributed by atoms with Gasteiger partial charge in [-0.25, -0.2) is 0 Å². The fourth-order valence-electron chi connectivity index (χ4n) is 1.07. The Morgan fingerprint density at radius 1 is 1.06 bits per heavy atom. The summed E-state index contributed by atoms with van der Waals surface area (Å²) < 4.78 is 9.87. The van der Waals surface area contributed by atoms with Crippen LogP contribution in [0.25, 0.3) is 0 Å². The van der Waals surface area contributed by atoms with Crippen LogP contribution in [0.4, 0.5) is 0 Å². The van der Waals surface area contributed by atoms with E-state index in [0.717, 1.165) is 0 Å². The number of carboxylic acid groups (broad SMARTS) is 1. The van der Waals surface area contributed by atoms with Gasteiger partial charge in [0, 0.05) is 0 Å². The molecule has 1 atom stereocenters. The van der Waals surface area contributed by atoms with Crippen LogP contribution < -0.4 is 0 Å². The molecule has 0 aliphatic heterocycles. The first-order chi connectivity index (χ1) is 7.25. The first-order valence-electron chi connectivity index (χ1n) is 5.19. The molecule has 0 heterocycles. The van der Waals surface area contributed by atoms with Crippen molar-refractivity contribution in [3.63, 3.8) is 0 Å². The molecule has 93 valence electrons. The number of carboxylic acids is 1. The van der Waals surface area contributed by atoms with E-state index in [1.807, 2.05) is 0 Å². The Morgan fingerprint density at radius 3 is 1.62 bits per heavy atom. The van der Waals surface area contributed by atoms with Gasteiger partial charge in [0.1, 0.15) is 0 Å². The zero-order valence-corrected chi connectivity index (χ0v) is 11.9. The van der Waals surface area contributed by atoms with Crippen LogP contribution in [-0.4, -0.2) is 29.1 Å². The Morgan fingerprint density at radius 2 is 1.44 bits per heavy atom. The molecule has 6 heteroatoms. The number of rotatable bonds is 7. The van der Waals surface area contributed by atoms with Crippen LogP contribution in [0.3, 0.4) is 0 Å². The Bertz CT molecular complexity index is 228. The first-order valence-corrected chi connectivity index (χ1v) is 7.36. The average molecular weight is 267 g/mol. The van der Waals surface area contributed by atoms with Gasteiger partial charge in [0.25, 0.3) is 0 Å². The molecule has 1 unspecified atom stereocenters. The van der Waals surface area contributed by atoms with E-state index in [-0.39, 0.29) is 12.2 Å². The van der Waals surface area contributed by atoms with E-state index in [0.29, 0.717) is 0 Å². The maximum atomic E-state index is 11.3. The van der Waals surface area contributed by atoms with Crippen molar-refractivity contribution in [3.8, 4) is 0 Å². The zero-order valence-electron chi connectivity index (χ0n) is 10.3.